The molecule has 3 rings (SSSR count). The molecule has 0 aromatic carbocycles. The zero-order valence-corrected chi connectivity index (χ0v) is 11.4. The molecule has 0 unspecified atom stereocenters. The van der Waals surface area contributed by atoms with Gasteiger partial charge in [-0.1, -0.05) is 5.16 Å². The Kier molecular flexibility index (Phi) is 2.83. The number of aromatic nitrogens is 3. The Balaban J connectivity index is 2.01. The number of furan rings is 1. The molecule has 3 heterocycles. The van der Waals surface area contributed by atoms with Crippen LogP contribution >= 0.6 is 15.9 Å². The van der Waals surface area contributed by atoms with Gasteiger partial charge in [-0.05, 0) is 34.1 Å². The molecule has 7 heteroatoms. The molecular weight excluding hydrogens is 314 g/mol. The molecule has 0 amide bonds. The van der Waals surface area contributed by atoms with Crippen molar-refractivity contribution in [3.8, 4) is 23.0 Å². The zero-order valence-electron chi connectivity index (χ0n) is 9.83. The van der Waals surface area contributed by atoms with E-state index >= 15 is 0 Å². The highest BCUT2D eigenvalue weighted by Gasteiger charge is 2.13. The molecule has 0 atom stereocenters. The Labute approximate surface area is 115 Å². The van der Waals surface area contributed by atoms with Gasteiger partial charge in [-0.3, -0.25) is 4.79 Å². The molecule has 0 spiro atoms. The maximum Gasteiger partial charge on any atom is 0.258 e. The highest BCUT2D eigenvalue weighted by molar-refractivity contribution is 9.10. The lowest BCUT2D eigenvalue weighted by molar-refractivity contribution is 0.429. The summed E-state index contributed by atoms with van der Waals surface area (Å²) in [7, 11) is 1.67. The van der Waals surface area contributed by atoms with E-state index < -0.39 is 0 Å². The van der Waals surface area contributed by atoms with Gasteiger partial charge in [0.05, 0.1) is 0 Å². The Bertz CT molecular complexity index is 787. The van der Waals surface area contributed by atoms with E-state index in [-0.39, 0.29) is 11.4 Å². The van der Waals surface area contributed by atoms with Gasteiger partial charge in [0.15, 0.2) is 10.4 Å². The first-order valence-electron chi connectivity index (χ1n) is 5.40. The summed E-state index contributed by atoms with van der Waals surface area (Å²) < 4.78 is 12.5. The summed E-state index contributed by atoms with van der Waals surface area (Å²) >= 11 is 3.20. The lowest BCUT2D eigenvalue weighted by Gasteiger charge is -1.96. The molecule has 6 nitrogen and oxygen atoms in total. The van der Waals surface area contributed by atoms with Crippen molar-refractivity contribution in [3.63, 3.8) is 0 Å². The van der Waals surface area contributed by atoms with Crippen molar-refractivity contribution in [1.82, 2.24) is 14.7 Å². The van der Waals surface area contributed by atoms with Crippen molar-refractivity contribution in [2.75, 3.05) is 0 Å². The summed E-state index contributed by atoms with van der Waals surface area (Å²) in [6.07, 6.45) is 1.64. The van der Waals surface area contributed by atoms with Gasteiger partial charge in [0.25, 0.3) is 11.4 Å². The standard InChI is InChI=1S/C12H8BrN3O3/c1-16-5-4-7(6-10(16)17)12-14-11(15-19-12)8-2-3-9(13)18-8/h2-6H,1H3. The lowest BCUT2D eigenvalue weighted by atomic mass is 10.2. The number of hydrogen-bond donors (Lipinski definition) is 0. The van der Waals surface area contributed by atoms with E-state index in [1.54, 1.807) is 31.4 Å². The first-order chi connectivity index (χ1) is 9.13. The van der Waals surface area contributed by atoms with E-state index in [0.717, 1.165) is 0 Å². The topological polar surface area (TPSA) is 74.1 Å². The molecule has 3 aromatic rings. The molecule has 0 aliphatic rings. The van der Waals surface area contributed by atoms with Crippen LogP contribution in [0.4, 0.5) is 0 Å². The molecule has 0 fully saturated rings. The van der Waals surface area contributed by atoms with Crippen LogP contribution in [-0.4, -0.2) is 14.7 Å². The van der Waals surface area contributed by atoms with Crippen molar-refractivity contribution in [2.24, 2.45) is 7.05 Å². The molecular formula is C12H8BrN3O3. The van der Waals surface area contributed by atoms with Gasteiger partial charge >= 0.3 is 0 Å². The van der Waals surface area contributed by atoms with Crippen LogP contribution in [0.2, 0.25) is 0 Å². The number of pyridine rings is 1. The third-order valence-corrected chi connectivity index (χ3v) is 3.00. The highest BCUT2D eigenvalue weighted by Crippen LogP contribution is 2.24. The van der Waals surface area contributed by atoms with Gasteiger partial charge in [-0.2, -0.15) is 4.98 Å². The van der Waals surface area contributed by atoms with Gasteiger partial charge in [-0.25, -0.2) is 0 Å². The Morgan fingerprint density at radius 2 is 2.16 bits per heavy atom. The smallest absolute Gasteiger partial charge is 0.258 e. The Morgan fingerprint density at radius 1 is 1.32 bits per heavy atom. The molecule has 0 saturated heterocycles. The Morgan fingerprint density at radius 3 is 2.84 bits per heavy atom. The van der Waals surface area contributed by atoms with Crippen LogP contribution < -0.4 is 5.56 Å². The molecule has 0 radical (unpaired) electrons. The molecule has 0 N–H and O–H groups in total. The average molecular weight is 322 g/mol. The Hall–Kier alpha value is -2.15. The fraction of sp³-hybridized carbons (Fsp3) is 0.0833. The van der Waals surface area contributed by atoms with Crippen LogP contribution in [0.3, 0.4) is 0 Å². The summed E-state index contributed by atoms with van der Waals surface area (Å²) in [5, 5.41) is 3.82. The molecule has 3 aromatic heterocycles. The summed E-state index contributed by atoms with van der Waals surface area (Å²) in [6.45, 7) is 0. The maximum atomic E-state index is 11.5. The number of aryl methyl sites for hydroxylation is 1. The van der Waals surface area contributed by atoms with E-state index in [1.165, 1.54) is 10.6 Å². The first-order valence-corrected chi connectivity index (χ1v) is 6.19. The predicted molar refractivity (Wildman–Crippen MR) is 70.4 cm³/mol. The van der Waals surface area contributed by atoms with E-state index in [4.69, 9.17) is 8.94 Å². The van der Waals surface area contributed by atoms with Crippen LogP contribution in [-0.2, 0) is 7.05 Å². The third kappa shape index (κ3) is 2.24. The summed E-state index contributed by atoms with van der Waals surface area (Å²) in [5.74, 6) is 1.10. The number of halogens is 1. The second kappa shape index (κ2) is 4.51. The quantitative estimate of drug-likeness (QED) is 0.724. The van der Waals surface area contributed by atoms with Gasteiger partial charge in [0.1, 0.15) is 0 Å². The van der Waals surface area contributed by atoms with Gasteiger partial charge in [0.2, 0.25) is 5.82 Å². The zero-order chi connectivity index (χ0) is 13.4. The van der Waals surface area contributed by atoms with Gasteiger partial charge in [0, 0.05) is 24.9 Å². The third-order valence-electron chi connectivity index (χ3n) is 2.57. The van der Waals surface area contributed by atoms with Crippen molar-refractivity contribution in [1.29, 1.82) is 0 Å². The summed E-state index contributed by atoms with van der Waals surface area (Å²) in [6, 6.07) is 6.64. The largest absolute Gasteiger partial charge is 0.446 e. The minimum Gasteiger partial charge on any atom is -0.446 e. The first kappa shape index (κ1) is 11.9. The fourth-order valence-corrected chi connectivity index (χ4v) is 1.86. The SMILES string of the molecule is Cn1ccc(-c2nc(-c3ccc(Br)o3)no2)cc1=O. The van der Waals surface area contributed by atoms with Crippen molar-refractivity contribution >= 4 is 15.9 Å². The second-order valence-electron chi connectivity index (χ2n) is 3.89. The minimum absolute atomic E-state index is 0.141. The van der Waals surface area contributed by atoms with E-state index in [0.29, 0.717) is 21.8 Å². The summed E-state index contributed by atoms with van der Waals surface area (Å²) in [4.78, 5) is 15.7. The van der Waals surface area contributed by atoms with Crippen LogP contribution in [0.15, 0.2) is 48.9 Å². The molecule has 96 valence electrons. The van der Waals surface area contributed by atoms with Gasteiger partial charge < -0.3 is 13.5 Å². The predicted octanol–water partition coefficient (Wildman–Crippen LogP) is 2.46. The number of rotatable bonds is 2. The monoisotopic (exact) mass is 321 g/mol. The fourth-order valence-electron chi connectivity index (χ4n) is 1.56. The van der Waals surface area contributed by atoms with E-state index in [9.17, 15) is 4.79 Å². The van der Waals surface area contributed by atoms with E-state index in [1.807, 2.05) is 0 Å². The molecule has 0 aliphatic heterocycles. The lowest BCUT2D eigenvalue weighted by Crippen LogP contribution is -2.14. The minimum atomic E-state index is -0.141. The van der Waals surface area contributed by atoms with Crippen LogP contribution in [0.5, 0.6) is 0 Å². The average Bonchev–Trinajstić information content (AvgIpc) is 3.01. The maximum absolute atomic E-state index is 11.5. The van der Waals surface area contributed by atoms with E-state index in [2.05, 4.69) is 26.1 Å². The summed E-state index contributed by atoms with van der Waals surface area (Å²) in [5.41, 5.74) is 0.436. The molecule has 0 bridgehead atoms. The van der Waals surface area contributed by atoms with Crippen LogP contribution in [0, 0.1) is 0 Å². The van der Waals surface area contributed by atoms with Crippen molar-refractivity contribution in [2.45, 2.75) is 0 Å². The molecule has 0 saturated carbocycles. The van der Waals surface area contributed by atoms with Crippen molar-refractivity contribution in [3.05, 3.63) is 45.5 Å². The van der Waals surface area contributed by atoms with Crippen LogP contribution in [0.25, 0.3) is 23.0 Å². The second-order valence-corrected chi connectivity index (χ2v) is 4.67. The van der Waals surface area contributed by atoms with Crippen LogP contribution in [0.1, 0.15) is 0 Å². The number of nitrogens with zero attached hydrogens (tertiary/aromatic N) is 3. The van der Waals surface area contributed by atoms with Crippen molar-refractivity contribution < 1.29 is 8.94 Å². The highest BCUT2D eigenvalue weighted by atomic mass is 79.9. The van der Waals surface area contributed by atoms with Gasteiger partial charge in [-0.15, -0.1) is 0 Å². The number of hydrogen-bond acceptors (Lipinski definition) is 5. The molecule has 0 aliphatic carbocycles. The molecule has 19 heavy (non-hydrogen) atoms. The normalized spacial score (nSPS) is 10.8.